The Morgan fingerprint density at radius 3 is 2.57 bits per heavy atom. The molecule has 0 amide bonds. The number of hydrogen-bond acceptors (Lipinski definition) is 2. The maximum Gasteiger partial charge on any atom is 0.119 e. The van der Waals surface area contributed by atoms with Gasteiger partial charge in [-0.25, -0.2) is 0 Å². The fourth-order valence-corrected chi connectivity index (χ4v) is 3.55. The van der Waals surface area contributed by atoms with E-state index >= 15 is 0 Å². The summed E-state index contributed by atoms with van der Waals surface area (Å²) in [5, 5.41) is 4.50. The number of methoxy groups -OCH3 is 1. The molecule has 1 unspecified atom stereocenters. The van der Waals surface area contributed by atoms with E-state index in [1.165, 1.54) is 29.5 Å². The first kappa shape index (κ1) is 13.2. The van der Waals surface area contributed by atoms with Crippen LogP contribution >= 0.6 is 11.6 Å². The van der Waals surface area contributed by atoms with E-state index in [0.29, 0.717) is 5.41 Å². The molecule has 1 spiro atoms. The van der Waals surface area contributed by atoms with Crippen molar-refractivity contribution >= 4 is 11.6 Å². The van der Waals surface area contributed by atoms with Crippen molar-refractivity contribution < 1.29 is 4.74 Å². The first-order chi connectivity index (χ1) is 10.2. The van der Waals surface area contributed by atoms with Gasteiger partial charge in [-0.15, -0.1) is 0 Å². The van der Waals surface area contributed by atoms with E-state index in [1.807, 2.05) is 12.1 Å². The lowest BCUT2D eigenvalue weighted by molar-refractivity contribution is 0.410. The summed E-state index contributed by atoms with van der Waals surface area (Å²) in [6.45, 7) is 1.04. The van der Waals surface area contributed by atoms with E-state index in [9.17, 15) is 0 Å². The topological polar surface area (TPSA) is 21.3 Å². The van der Waals surface area contributed by atoms with Crippen LogP contribution < -0.4 is 10.1 Å². The zero-order valence-corrected chi connectivity index (χ0v) is 12.8. The molecule has 0 radical (unpaired) electrons. The average molecular weight is 300 g/mol. The van der Waals surface area contributed by atoms with Gasteiger partial charge in [0.15, 0.2) is 0 Å². The van der Waals surface area contributed by atoms with Gasteiger partial charge in [0.25, 0.3) is 0 Å². The van der Waals surface area contributed by atoms with E-state index in [2.05, 4.69) is 35.6 Å². The minimum Gasteiger partial charge on any atom is -0.497 e. The zero-order valence-electron chi connectivity index (χ0n) is 12.0. The molecule has 0 bridgehead atoms. The number of nitrogens with one attached hydrogen (secondary N) is 1. The Balaban J connectivity index is 1.80. The standard InChI is InChI=1S/C18H18ClNO/c1-21-14-6-7-15-16(10-14)18(8-9-18)11-20-17(15)12-2-4-13(19)5-3-12/h2-7,10,17,20H,8-9,11H2,1H3. The van der Waals surface area contributed by atoms with Crippen molar-refractivity contribution in [1.82, 2.24) is 5.32 Å². The Morgan fingerprint density at radius 2 is 1.90 bits per heavy atom. The molecule has 108 valence electrons. The van der Waals surface area contributed by atoms with Gasteiger partial charge >= 0.3 is 0 Å². The van der Waals surface area contributed by atoms with Crippen molar-refractivity contribution in [2.75, 3.05) is 13.7 Å². The fourth-order valence-electron chi connectivity index (χ4n) is 3.43. The monoisotopic (exact) mass is 299 g/mol. The molecule has 1 N–H and O–H groups in total. The lowest BCUT2D eigenvalue weighted by atomic mass is 9.82. The summed E-state index contributed by atoms with van der Waals surface area (Å²) in [4.78, 5) is 0. The molecule has 1 aliphatic heterocycles. The molecule has 2 nitrogen and oxygen atoms in total. The highest BCUT2D eigenvalue weighted by Gasteiger charge is 2.49. The van der Waals surface area contributed by atoms with Gasteiger partial charge in [-0.3, -0.25) is 0 Å². The minimum absolute atomic E-state index is 0.245. The smallest absolute Gasteiger partial charge is 0.119 e. The first-order valence-electron chi connectivity index (χ1n) is 7.39. The third-order valence-corrected chi connectivity index (χ3v) is 5.10. The second-order valence-electron chi connectivity index (χ2n) is 6.10. The minimum atomic E-state index is 0.245. The number of halogens is 1. The van der Waals surface area contributed by atoms with Crippen LogP contribution in [0.3, 0.4) is 0 Å². The number of fused-ring (bicyclic) bond motifs is 2. The zero-order chi connectivity index (χ0) is 14.4. The Labute approximate surface area is 130 Å². The molecule has 2 aliphatic rings. The van der Waals surface area contributed by atoms with Gasteiger partial charge in [-0.2, -0.15) is 0 Å². The maximum atomic E-state index is 6.01. The maximum absolute atomic E-state index is 6.01. The summed E-state index contributed by atoms with van der Waals surface area (Å²) in [5.74, 6) is 0.955. The van der Waals surface area contributed by atoms with Gasteiger partial charge < -0.3 is 10.1 Å². The number of rotatable bonds is 2. The average Bonchev–Trinajstić information content (AvgIpc) is 3.29. The second-order valence-corrected chi connectivity index (χ2v) is 6.54. The molecule has 0 aromatic heterocycles. The van der Waals surface area contributed by atoms with Crippen LogP contribution in [-0.2, 0) is 5.41 Å². The summed E-state index contributed by atoms with van der Waals surface area (Å²) in [5.41, 5.74) is 4.44. The van der Waals surface area contributed by atoms with Crippen molar-refractivity contribution in [2.45, 2.75) is 24.3 Å². The molecule has 1 heterocycles. The molecular weight excluding hydrogens is 282 g/mol. The van der Waals surface area contributed by atoms with Crippen molar-refractivity contribution in [1.29, 1.82) is 0 Å². The van der Waals surface area contributed by atoms with Gasteiger partial charge in [0.2, 0.25) is 0 Å². The Morgan fingerprint density at radius 1 is 1.14 bits per heavy atom. The number of ether oxygens (including phenoxy) is 1. The lowest BCUT2D eigenvalue weighted by Crippen LogP contribution is -2.37. The summed E-state index contributed by atoms with van der Waals surface area (Å²) in [7, 11) is 1.74. The number of hydrogen-bond donors (Lipinski definition) is 1. The van der Waals surface area contributed by atoms with Crippen LogP contribution in [0.1, 0.15) is 35.6 Å². The van der Waals surface area contributed by atoms with Gasteiger partial charge in [-0.1, -0.05) is 29.8 Å². The molecule has 2 aromatic rings. The molecule has 1 fully saturated rings. The summed E-state index contributed by atoms with van der Waals surface area (Å²) in [6.07, 6.45) is 2.54. The van der Waals surface area contributed by atoms with Gasteiger partial charge in [0.1, 0.15) is 5.75 Å². The van der Waals surface area contributed by atoms with Crippen LogP contribution in [0, 0.1) is 0 Å². The van der Waals surface area contributed by atoms with Crippen molar-refractivity contribution in [3.63, 3.8) is 0 Å². The van der Waals surface area contributed by atoms with Crippen molar-refractivity contribution in [3.8, 4) is 5.75 Å². The molecule has 4 rings (SSSR count). The van der Waals surface area contributed by atoms with E-state index in [0.717, 1.165) is 17.3 Å². The SMILES string of the molecule is COc1ccc2c(c1)C1(CC1)CNC2c1ccc(Cl)cc1. The predicted molar refractivity (Wildman–Crippen MR) is 85.2 cm³/mol. The number of benzene rings is 2. The van der Waals surface area contributed by atoms with Crippen LogP contribution in [0.4, 0.5) is 0 Å². The molecule has 3 heteroatoms. The van der Waals surface area contributed by atoms with Gasteiger partial charge in [-0.05, 0) is 53.8 Å². The predicted octanol–water partition coefficient (Wildman–Crippen LogP) is 4.07. The quantitative estimate of drug-likeness (QED) is 0.902. The lowest BCUT2D eigenvalue weighted by Gasteiger charge is -2.33. The third-order valence-electron chi connectivity index (χ3n) is 4.84. The van der Waals surface area contributed by atoms with E-state index < -0.39 is 0 Å². The Kier molecular flexibility index (Phi) is 2.98. The van der Waals surface area contributed by atoms with Gasteiger partial charge in [0, 0.05) is 17.0 Å². The molecule has 1 aliphatic carbocycles. The highest BCUT2D eigenvalue weighted by atomic mass is 35.5. The molecular formula is C18H18ClNO. The van der Waals surface area contributed by atoms with Gasteiger partial charge in [0.05, 0.1) is 13.2 Å². The third kappa shape index (κ3) is 2.14. The molecule has 1 atom stereocenters. The van der Waals surface area contributed by atoms with Crippen LogP contribution in [0.25, 0.3) is 0 Å². The largest absolute Gasteiger partial charge is 0.497 e. The van der Waals surface area contributed by atoms with E-state index in [4.69, 9.17) is 16.3 Å². The van der Waals surface area contributed by atoms with E-state index in [-0.39, 0.29) is 6.04 Å². The van der Waals surface area contributed by atoms with Crippen molar-refractivity contribution in [3.05, 3.63) is 64.2 Å². The van der Waals surface area contributed by atoms with Crippen LogP contribution in [0.15, 0.2) is 42.5 Å². The highest BCUT2D eigenvalue weighted by Crippen LogP contribution is 2.53. The first-order valence-corrected chi connectivity index (χ1v) is 7.77. The van der Waals surface area contributed by atoms with E-state index in [1.54, 1.807) is 7.11 Å². The molecule has 2 aromatic carbocycles. The normalized spacial score (nSPS) is 21.9. The molecule has 0 saturated heterocycles. The molecule has 21 heavy (non-hydrogen) atoms. The summed E-state index contributed by atoms with van der Waals surface area (Å²) in [6, 6.07) is 14.9. The van der Waals surface area contributed by atoms with Crippen molar-refractivity contribution in [2.24, 2.45) is 0 Å². The Bertz CT molecular complexity index is 676. The fraction of sp³-hybridized carbons (Fsp3) is 0.333. The second kappa shape index (κ2) is 4.75. The molecule has 1 saturated carbocycles. The van der Waals surface area contributed by atoms with Crippen LogP contribution in [0.5, 0.6) is 5.75 Å². The summed E-state index contributed by atoms with van der Waals surface area (Å²) >= 11 is 6.01. The highest BCUT2D eigenvalue weighted by molar-refractivity contribution is 6.30. The van der Waals surface area contributed by atoms with Crippen LogP contribution in [-0.4, -0.2) is 13.7 Å². The van der Waals surface area contributed by atoms with Crippen LogP contribution in [0.2, 0.25) is 5.02 Å². The summed E-state index contributed by atoms with van der Waals surface area (Å²) < 4.78 is 5.42. The Hall–Kier alpha value is -1.51.